The largest absolute Gasteiger partial charge is 0.504 e. The van der Waals surface area contributed by atoms with Crippen molar-refractivity contribution in [2.24, 2.45) is 0 Å². The third-order valence-corrected chi connectivity index (χ3v) is 5.28. The fourth-order valence-electron chi connectivity index (χ4n) is 3.50. The Kier molecular flexibility index (Phi) is 6.42. The first-order chi connectivity index (χ1) is 16.4. The van der Waals surface area contributed by atoms with Crippen LogP contribution in [0.15, 0.2) is 77.7 Å². The molecule has 0 aliphatic carbocycles. The molecular weight excluding hydrogens is 439 g/mol. The molecule has 3 N–H and O–H groups in total. The Balaban J connectivity index is 1.60. The molecule has 0 aliphatic rings. The first-order valence-corrected chi connectivity index (χ1v) is 10.3. The van der Waals surface area contributed by atoms with E-state index in [0.29, 0.717) is 28.1 Å². The van der Waals surface area contributed by atoms with Crippen molar-refractivity contribution in [1.29, 1.82) is 0 Å². The van der Waals surface area contributed by atoms with Crippen molar-refractivity contribution >= 4 is 11.9 Å². The summed E-state index contributed by atoms with van der Waals surface area (Å²) >= 11 is 0. The van der Waals surface area contributed by atoms with Crippen LogP contribution >= 0.6 is 0 Å². The lowest BCUT2D eigenvalue weighted by Gasteiger charge is -2.08. The smallest absolute Gasteiger partial charge is 0.330 e. The summed E-state index contributed by atoms with van der Waals surface area (Å²) in [6.07, 6.45) is 4.50. The molecule has 34 heavy (non-hydrogen) atoms. The maximum atomic E-state index is 13.2. The molecule has 4 rings (SSSR count). The lowest BCUT2D eigenvalue weighted by Crippen LogP contribution is -2.14. The molecule has 0 spiro atoms. The number of carbonyl (C=O) groups excluding carboxylic acids is 1. The van der Waals surface area contributed by atoms with Crippen LogP contribution in [-0.4, -0.2) is 32.7 Å². The molecule has 0 radical (unpaired) electrons. The molecule has 8 heteroatoms. The number of aliphatic hydroxyl groups excluding tert-OH is 1. The minimum absolute atomic E-state index is 0.155. The van der Waals surface area contributed by atoms with Crippen LogP contribution in [0.25, 0.3) is 23.0 Å². The number of ether oxygens (including phenoxy) is 1. The number of nitrogens with zero attached hydrogens (tertiary/aromatic N) is 1. The zero-order valence-electron chi connectivity index (χ0n) is 18.2. The molecule has 0 atom stereocenters. The number of ketones is 1. The summed E-state index contributed by atoms with van der Waals surface area (Å²) in [5, 5.41) is 19.4. The van der Waals surface area contributed by atoms with E-state index in [9.17, 15) is 24.2 Å². The molecule has 0 fully saturated rings. The number of carbonyl (C=O) groups is 1. The Hall–Kier alpha value is -4.43. The number of halogens is 1. The van der Waals surface area contributed by atoms with Crippen molar-refractivity contribution in [2.75, 3.05) is 7.11 Å². The van der Waals surface area contributed by atoms with E-state index in [1.54, 1.807) is 60.8 Å². The van der Waals surface area contributed by atoms with Crippen LogP contribution in [0.1, 0.15) is 21.5 Å². The number of phenols is 1. The number of hydrogen-bond acceptors (Lipinski definition) is 5. The first kappa shape index (κ1) is 22.8. The van der Waals surface area contributed by atoms with Crippen LogP contribution in [0.5, 0.6) is 11.5 Å². The number of aliphatic hydroxyl groups is 1. The van der Waals surface area contributed by atoms with Crippen LogP contribution in [0.2, 0.25) is 0 Å². The number of aromatic amines is 1. The fourth-order valence-corrected chi connectivity index (χ4v) is 3.50. The van der Waals surface area contributed by atoms with E-state index in [1.165, 1.54) is 29.9 Å². The SMILES string of the molecule is COc1cc(/C=C/C(=O)c2cccc(-n3cc(-c4ccc(F)cc4)[nH]c3=O)c2)cc(CO)c1O. The summed E-state index contributed by atoms with van der Waals surface area (Å²) in [4.78, 5) is 28.0. The van der Waals surface area contributed by atoms with Gasteiger partial charge >= 0.3 is 5.69 Å². The average molecular weight is 460 g/mol. The van der Waals surface area contributed by atoms with E-state index >= 15 is 0 Å². The molecule has 0 bridgehead atoms. The summed E-state index contributed by atoms with van der Waals surface area (Å²) in [5.41, 5.74) is 2.46. The Morgan fingerprint density at radius 2 is 1.91 bits per heavy atom. The molecule has 1 aromatic heterocycles. The van der Waals surface area contributed by atoms with Gasteiger partial charge in [-0.05, 0) is 65.7 Å². The maximum Gasteiger partial charge on any atom is 0.330 e. The third-order valence-electron chi connectivity index (χ3n) is 5.28. The van der Waals surface area contributed by atoms with Crippen molar-refractivity contribution in [3.05, 3.63) is 106 Å². The molecule has 4 aromatic rings. The molecule has 0 amide bonds. The molecular formula is C26H21FN2O5. The van der Waals surface area contributed by atoms with Crippen molar-refractivity contribution in [1.82, 2.24) is 9.55 Å². The van der Waals surface area contributed by atoms with Crippen LogP contribution in [0, 0.1) is 5.82 Å². The van der Waals surface area contributed by atoms with E-state index in [1.807, 2.05) is 0 Å². The van der Waals surface area contributed by atoms with Gasteiger partial charge in [-0.3, -0.25) is 9.36 Å². The summed E-state index contributed by atoms with van der Waals surface area (Å²) in [5.74, 6) is -0.646. The predicted octanol–water partition coefficient (Wildman–Crippen LogP) is 4.07. The van der Waals surface area contributed by atoms with E-state index in [-0.39, 0.29) is 35.3 Å². The Morgan fingerprint density at radius 3 is 2.62 bits per heavy atom. The average Bonchev–Trinajstić information content (AvgIpc) is 3.25. The van der Waals surface area contributed by atoms with Gasteiger partial charge in [0.1, 0.15) is 5.82 Å². The molecule has 172 valence electrons. The van der Waals surface area contributed by atoms with Gasteiger partial charge in [-0.25, -0.2) is 9.18 Å². The molecule has 0 aliphatic heterocycles. The van der Waals surface area contributed by atoms with Crippen molar-refractivity contribution in [3.63, 3.8) is 0 Å². The zero-order valence-corrected chi connectivity index (χ0v) is 18.2. The van der Waals surface area contributed by atoms with Crippen molar-refractivity contribution < 1.29 is 24.1 Å². The maximum absolute atomic E-state index is 13.2. The second-order valence-corrected chi connectivity index (χ2v) is 7.49. The number of aromatic hydroxyl groups is 1. The molecule has 3 aromatic carbocycles. The lowest BCUT2D eigenvalue weighted by atomic mass is 10.1. The first-order valence-electron chi connectivity index (χ1n) is 10.3. The summed E-state index contributed by atoms with van der Waals surface area (Å²) in [6.45, 7) is -0.384. The van der Waals surface area contributed by atoms with Gasteiger partial charge in [-0.1, -0.05) is 18.2 Å². The second kappa shape index (κ2) is 9.60. The number of allylic oxidation sites excluding steroid dienone is 1. The van der Waals surface area contributed by atoms with Crippen molar-refractivity contribution in [2.45, 2.75) is 6.61 Å². The van der Waals surface area contributed by atoms with Gasteiger partial charge in [0, 0.05) is 17.3 Å². The molecule has 0 unspecified atom stereocenters. The summed E-state index contributed by atoms with van der Waals surface area (Å²) < 4.78 is 19.7. The van der Waals surface area contributed by atoms with Gasteiger partial charge < -0.3 is 19.9 Å². The molecule has 0 saturated heterocycles. The van der Waals surface area contributed by atoms with Crippen LogP contribution < -0.4 is 10.4 Å². The number of rotatable bonds is 7. The monoisotopic (exact) mass is 460 g/mol. The van der Waals surface area contributed by atoms with Gasteiger partial charge in [0.15, 0.2) is 17.3 Å². The van der Waals surface area contributed by atoms with E-state index in [4.69, 9.17) is 4.74 Å². The number of imidazole rings is 1. The number of methoxy groups -OCH3 is 1. The Morgan fingerprint density at radius 1 is 1.15 bits per heavy atom. The topological polar surface area (TPSA) is 105 Å². The van der Waals surface area contributed by atoms with Gasteiger partial charge in [-0.2, -0.15) is 0 Å². The van der Waals surface area contributed by atoms with E-state index in [0.717, 1.165) is 0 Å². The number of benzene rings is 3. The lowest BCUT2D eigenvalue weighted by molar-refractivity contribution is 0.104. The predicted molar refractivity (Wildman–Crippen MR) is 126 cm³/mol. The standard InChI is InChI=1S/C26H21FN2O5/c1-34-24-12-16(11-19(15-30)25(24)32)5-10-23(31)18-3-2-4-21(13-18)29-14-22(28-26(29)33)17-6-8-20(27)9-7-17/h2-14,30,32H,15H2,1H3,(H,28,33)/b10-5+. The molecule has 1 heterocycles. The highest BCUT2D eigenvalue weighted by Gasteiger charge is 2.11. The molecule has 0 saturated carbocycles. The number of H-pyrrole nitrogens is 1. The quantitative estimate of drug-likeness (QED) is 0.285. The third kappa shape index (κ3) is 4.67. The highest BCUT2D eigenvalue weighted by molar-refractivity contribution is 6.07. The van der Waals surface area contributed by atoms with E-state index < -0.39 is 5.69 Å². The second-order valence-electron chi connectivity index (χ2n) is 7.49. The Labute approximate surface area is 194 Å². The van der Waals surface area contributed by atoms with Crippen LogP contribution in [0.3, 0.4) is 0 Å². The van der Waals surface area contributed by atoms with Crippen LogP contribution in [0.4, 0.5) is 4.39 Å². The van der Waals surface area contributed by atoms with Crippen LogP contribution in [-0.2, 0) is 6.61 Å². The van der Waals surface area contributed by atoms with E-state index in [2.05, 4.69) is 4.98 Å². The van der Waals surface area contributed by atoms with Gasteiger partial charge in [0.05, 0.1) is 25.1 Å². The number of aromatic nitrogens is 2. The number of nitrogens with one attached hydrogen (secondary N) is 1. The van der Waals surface area contributed by atoms with Gasteiger partial charge in [0.2, 0.25) is 0 Å². The molecule has 7 nitrogen and oxygen atoms in total. The van der Waals surface area contributed by atoms with Crippen molar-refractivity contribution in [3.8, 4) is 28.4 Å². The zero-order chi connectivity index (χ0) is 24.2. The minimum atomic E-state index is -0.396. The summed E-state index contributed by atoms with van der Waals surface area (Å²) in [6, 6.07) is 15.4. The Bertz CT molecular complexity index is 1410. The summed E-state index contributed by atoms with van der Waals surface area (Å²) in [7, 11) is 1.39. The number of hydrogen-bond donors (Lipinski definition) is 3. The normalized spacial score (nSPS) is 11.1. The minimum Gasteiger partial charge on any atom is -0.504 e. The fraction of sp³-hybridized carbons (Fsp3) is 0.0769. The van der Waals surface area contributed by atoms with Gasteiger partial charge in [-0.15, -0.1) is 0 Å². The highest BCUT2D eigenvalue weighted by Crippen LogP contribution is 2.32. The van der Waals surface area contributed by atoms with Gasteiger partial charge in [0.25, 0.3) is 0 Å². The highest BCUT2D eigenvalue weighted by atomic mass is 19.1.